The van der Waals surface area contributed by atoms with E-state index in [1.807, 2.05) is 26.0 Å². The highest BCUT2D eigenvalue weighted by Gasteiger charge is 2.24. The molecule has 3 heterocycles. The van der Waals surface area contributed by atoms with Crippen molar-refractivity contribution >= 4 is 17.8 Å². The van der Waals surface area contributed by atoms with Gasteiger partial charge in [-0.1, -0.05) is 6.92 Å². The molecule has 0 radical (unpaired) electrons. The van der Waals surface area contributed by atoms with Gasteiger partial charge in [0.15, 0.2) is 0 Å². The molecule has 1 saturated heterocycles. The SMILES string of the molecule is Cc1ccc(-c2cc(NC(=O)C(C)CCCN3CCCOCC3)n(C(=O)OC(C)(C)C)n2)cn1. The van der Waals surface area contributed by atoms with Gasteiger partial charge >= 0.3 is 6.09 Å². The van der Waals surface area contributed by atoms with Gasteiger partial charge in [-0.05, 0) is 65.6 Å². The molecule has 9 nitrogen and oxygen atoms in total. The zero-order valence-corrected chi connectivity index (χ0v) is 21.0. The number of pyridine rings is 1. The third kappa shape index (κ3) is 7.63. The van der Waals surface area contributed by atoms with Crippen LogP contribution in [-0.4, -0.2) is 70.1 Å². The third-order valence-corrected chi connectivity index (χ3v) is 5.61. The van der Waals surface area contributed by atoms with E-state index < -0.39 is 11.7 Å². The molecular weight excluding hydrogens is 434 g/mol. The van der Waals surface area contributed by atoms with Crippen LogP contribution in [0.2, 0.25) is 0 Å². The Labute approximate surface area is 201 Å². The molecule has 1 N–H and O–H groups in total. The van der Waals surface area contributed by atoms with Crippen molar-refractivity contribution in [3.8, 4) is 11.3 Å². The van der Waals surface area contributed by atoms with Gasteiger partial charge in [0, 0.05) is 49.1 Å². The number of anilines is 1. The van der Waals surface area contributed by atoms with Gasteiger partial charge in [-0.25, -0.2) is 4.79 Å². The molecule has 1 unspecified atom stereocenters. The van der Waals surface area contributed by atoms with E-state index in [0.717, 1.165) is 68.0 Å². The highest BCUT2D eigenvalue weighted by Crippen LogP contribution is 2.24. The Balaban J connectivity index is 1.68. The maximum atomic E-state index is 12.9. The molecule has 0 spiro atoms. The predicted octanol–water partition coefficient (Wildman–Crippen LogP) is 4.11. The van der Waals surface area contributed by atoms with Crippen molar-refractivity contribution in [2.45, 2.75) is 59.5 Å². The molecule has 34 heavy (non-hydrogen) atoms. The summed E-state index contributed by atoms with van der Waals surface area (Å²) in [4.78, 5) is 32.4. The quantitative estimate of drug-likeness (QED) is 0.649. The Morgan fingerprint density at radius 2 is 2.03 bits per heavy atom. The molecule has 1 atom stereocenters. The number of ether oxygens (including phenoxy) is 2. The lowest BCUT2D eigenvalue weighted by Gasteiger charge is -2.21. The minimum atomic E-state index is -0.693. The summed E-state index contributed by atoms with van der Waals surface area (Å²) in [6, 6.07) is 5.43. The molecular formula is C25H37N5O4. The fourth-order valence-electron chi connectivity index (χ4n) is 3.70. The van der Waals surface area contributed by atoms with Crippen molar-refractivity contribution in [2.75, 3.05) is 38.2 Å². The van der Waals surface area contributed by atoms with Crippen LogP contribution in [0.15, 0.2) is 24.4 Å². The second kappa shape index (κ2) is 11.6. The summed E-state index contributed by atoms with van der Waals surface area (Å²) in [5.41, 5.74) is 1.47. The standard InChI is InChI=1S/C25H37N5O4/c1-18(8-6-11-29-12-7-14-33-15-13-29)23(31)27-22-16-21(20-10-9-19(2)26-17-20)28-30(22)24(32)34-25(3,4)5/h9-10,16-18H,6-8,11-15H2,1-5H3,(H,27,31). The zero-order chi connectivity index (χ0) is 24.7. The lowest BCUT2D eigenvalue weighted by atomic mass is 10.0. The number of amides is 1. The van der Waals surface area contributed by atoms with Crippen molar-refractivity contribution in [1.29, 1.82) is 0 Å². The number of carbonyl (C=O) groups is 2. The zero-order valence-electron chi connectivity index (χ0n) is 21.0. The van der Waals surface area contributed by atoms with Crippen molar-refractivity contribution in [3.63, 3.8) is 0 Å². The average molecular weight is 472 g/mol. The summed E-state index contributed by atoms with van der Waals surface area (Å²) in [5.74, 6) is -0.0847. The van der Waals surface area contributed by atoms with E-state index in [1.165, 1.54) is 0 Å². The number of aromatic nitrogens is 3. The second-order valence-corrected chi connectivity index (χ2v) is 9.84. The minimum absolute atomic E-state index is 0.155. The lowest BCUT2D eigenvalue weighted by Crippen LogP contribution is -2.30. The summed E-state index contributed by atoms with van der Waals surface area (Å²) in [5, 5.41) is 7.29. The fourth-order valence-corrected chi connectivity index (χ4v) is 3.70. The molecule has 2 aromatic rings. The number of carbonyl (C=O) groups excluding carboxylic acids is 2. The van der Waals surface area contributed by atoms with E-state index in [-0.39, 0.29) is 17.6 Å². The van der Waals surface area contributed by atoms with Gasteiger partial charge in [-0.15, -0.1) is 4.68 Å². The molecule has 186 valence electrons. The Hall–Kier alpha value is -2.78. The Bertz CT molecular complexity index is 957. The molecule has 0 aliphatic carbocycles. The lowest BCUT2D eigenvalue weighted by molar-refractivity contribution is -0.119. The van der Waals surface area contributed by atoms with Crippen LogP contribution in [0.1, 0.15) is 52.7 Å². The van der Waals surface area contributed by atoms with E-state index >= 15 is 0 Å². The number of hydrogen-bond donors (Lipinski definition) is 1. The van der Waals surface area contributed by atoms with E-state index in [1.54, 1.807) is 33.0 Å². The molecule has 1 amide bonds. The molecule has 0 bridgehead atoms. The first-order valence-electron chi connectivity index (χ1n) is 12.0. The smallest absolute Gasteiger partial charge is 0.437 e. The predicted molar refractivity (Wildman–Crippen MR) is 131 cm³/mol. The third-order valence-electron chi connectivity index (χ3n) is 5.61. The normalized spacial score (nSPS) is 16.0. The number of aryl methyl sites for hydroxylation is 1. The number of rotatable bonds is 7. The molecule has 0 aromatic carbocycles. The highest BCUT2D eigenvalue weighted by molar-refractivity contribution is 5.94. The van der Waals surface area contributed by atoms with Gasteiger partial charge in [-0.2, -0.15) is 5.10 Å². The van der Waals surface area contributed by atoms with Crippen LogP contribution in [0, 0.1) is 12.8 Å². The number of hydrogen-bond acceptors (Lipinski definition) is 7. The number of nitrogens with one attached hydrogen (secondary N) is 1. The first-order valence-corrected chi connectivity index (χ1v) is 12.0. The first kappa shape index (κ1) is 25.8. The minimum Gasteiger partial charge on any atom is -0.442 e. The maximum Gasteiger partial charge on any atom is 0.437 e. The molecule has 9 heteroatoms. The summed E-state index contributed by atoms with van der Waals surface area (Å²) in [7, 11) is 0. The van der Waals surface area contributed by atoms with E-state index in [4.69, 9.17) is 9.47 Å². The van der Waals surface area contributed by atoms with Gasteiger partial charge in [0.2, 0.25) is 5.91 Å². The van der Waals surface area contributed by atoms with Gasteiger partial charge in [0.25, 0.3) is 0 Å². The first-order chi connectivity index (χ1) is 16.1. The molecule has 1 aliphatic rings. The van der Waals surface area contributed by atoms with Crippen LogP contribution in [0.4, 0.5) is 10.6 Å². The van der Waals surface area contributed by atoms with Crippen molar-refractivity contribution in [2.24, 2.45) is 5.92 Å². The van der Waals surface area contributed by atoms with E-state index in [9.17, 15) is 9.59 Å². The van der Waals surface area contributed by atoms with Gasteiger partial charge in [0.05, 0.1) is 12.3 Å². The molecule has 0 saturated carbocycles. The topological polar surface area (TPSA) is 98.6 Å². The molecule has 2 aromatic heterocycles. The van der Waals surface area contributed by atoms with Crippen LogP contribution >= 0.6 is 0 Å². The summed E-state index contributed by atoms with van der Waals surface area (Å²) >= 11 is 0. The Morgan fingerprint density at radius 1 is 1.24 bits per heavy atom. The van der Waals surface area contributed by atoms with Crippen LogP contribution in [0.5, 0.6) is 0 Å². The van der Waals surface area contributed by atoms with Crippen molar-refractivity contribution in [1.82, 2.24) is 19.7 Å². The van der Waals surface area contributed by atoms with Gasteiger partial charge in [-0.3, -0.25) is 9.78 Å². The van der Waals surface area contributed by atoms with Crippen molar-refractivity contribution in [3.05, 3.63) is 30.1 Å². The summed E-state index contributed by atoms with van der Waals surface area (Å²) in [6.45, 7) is 13.7. The van der Waals surface area contributed by atoms with Crippen LogP contribution in [0.25, 0.3) is 11.3 Å². The molecule has 1 aliphatic heterocycles. The maximum absolute atomic E-state index is 12.9. The summed E-state index contributed by atoms with van der Waals surface area (Å²) < 4.78 is 12.1. The van der Waals surface area contributed by atoms with Crippen LogP contribution < -0.4 is 5.32 Å². The average Bonchev–Trinajstić information content (AvgIpc) is 3.00. The monoisotopic (exact) mass is 471 g/mol. The Kier molecular flexibility index (Phi) is 8.79. The number of nitrogens with zero attached hydrogens (tertiary/aromatic N) is 4. The van der Waals surface area contributed by atoms with Crippen molar-refractivity contribution < 1.29 is 19.1 Å². The summed E-state index contributed by atoms with van der Waals surface area (Å²) in [6.07, 6.45) is 3.76. The molecule has 3 rings (SSSR count). The fraction of sp³-hybridized carbons (Fsp3) is 0.600. The largest absolute Gasteiger partial charge is 0.442 e. The van der Waals surface area contributed by atoms with Crippen LogP contribution in [-0.2, 0) is 14.3 Å². The van der Waals surface area contributed by atoms with E-state index in [0.29, 0.717) is 5.69 Å². The molecule has 1 fully saturated rings. The Morgan fingerprint density at radius 3 is 2.74 bits per heavy atom. The van der Waals surface area contributed by atoms with Gasteiger partial charge in [0.1, 0.15) is 11.4 Å². The van der Waals surface area contributed by atoms with E-state index in [2.05, 4.69) is 20.3 Å². The van der Waals surface area contributed by atoms with Crippen LogP contribution in [0.3, 0.4) is 0 Å². The second-order valence-electron chi connectivity index (χ2n) is 9.84. The highest BCUT2D eigenvalue weighted by atomic mass is 16.6. The van der Waals surface area contributed by atoms with Gasteiger partial charge < -0.3 is 19.7 Å².